The van der Waals surface area contributed by atoms with Crippen LogP contribution in [0.15, 0.2) is 102 Å². The number of para-hydroxylation sites is 3. The summed E-state index contributed by atoms with van der Waals surface area (Å²) < 4.78 is 45.8. The number of hydrogen-bond acceptors (Lipinski definition) is 6. The standard InChI is InChI=1S/C30H30N2O6S/c1-4-37-24-17-15-23(16-18-24)32(39(34,35)29-20-22(2)14-19-28(29)36-3)21-30(33)31-26-12-8-9-13-27(26)38-25-10-6-5-7-11-25/h5-20H,4,21H2,1-3H3,(H,31,33). The van der Waals surface area contributed by atoms with Gasteiger partial charge >= 0.3 is 0 Å². The van der Waals surface area contributed by atoms with Crippen molar-refractivity contribution in [2.45, 2.75) is 18.7 Å². The first-order valence-electron chi connectivity index (χ1n) is 12.3. The molecule has 8 nitrogen and oxygen atoms in total. The summed E-state index contributed by atoms with van der Waals surface area (Å²) in [5.41, 5.74) is 1.44. The lowest BCUT2D eigenvalue weighted by Crippen LogP contribution is -2.38. The van der Waals surface area contributed by atoms with Gasteiger partial charge in [-0.2, -0.15) is 0 Å². The smallest absolute Gasteiger partial charge is 0.268 e. The van der Waals surface area contributed by atoms with Gasteiger partial charge in [-0.1, -0.05) is 36.4 Å². The second-order valence-corrected chi connectivity index (χ2v) is 10.4. The fourth-order valence-corrected chi connectivity index (χ4v) is 5.55. The number of nitrogens with one attached hydrogen (secondary N) is 1. The Hall–Kier alpha value is -4.50. The molecule has 4 aromatic carbocycles. The van der Waals surface area contributed by atoms with Crippen molar-refractivity contribution in [3.63, 3.8) is 0 Å². The molecule has 0 bridgehead atoms. The first-order chi connectivity index (χ1) is 18.8. The Morgan fingerprint density at radius 1 is 0.846 bits per heavy atom. The molecule has 0 aliphatic carbocycles. The van der Waals surface area contributed by atoms with Crippen molar-refractivity contribution in [3.8, 4) is 23.0 Å². The lowest BCUT2D eigenvalue weighted by molar-refractivity contribution is -0.114. The van der Waals surface area contributed by atoms with Crippen LogP contribution in [-0.2, 0) is 14.8 Å². The number of anilines is 2. The molecular weight excluding hydrogens is 516 g/mol. The summed E-state index contributed by atoms with van der Waals surface area (Å²) in [5.74, 6) is 1.24. The number of ether oxygens (including phenoxy) is 3. The molecule has 4 aromatic rings. The molecule has 9 heteroatoms. The number of methoxy groups -OCH3 is 1. The van der Waals surface area contributed by atoms with Gasteiger partial charge in [-0.05, 0) is 80.1 Å². The summed E-state index contributed by atoms with van der Waals surface area (Å²) in [6.45, 7) is 3.62. The van der Waals surface area contributed by atoms with Crippen LogP contribution in [0.2, 0.25) is 0 Å². The zero-order valence-electron chi connectivity index (χ0n) is 22.0. The minimum absolute atomic E-state index is 0.0421. The van der Waals surface area contributed by atoms with Gasteiger partial charge in [0.05, 0.1) is 25.1 Å². The van der Waals surface area contributed by atoms with E-state index >= 15 is 0 Å². The lowest BCUT2D eigenvalue weighted by Gasteiger charge is -2.25. The van der Waals surface area contributed by atoms with Crippen LogP contribution in [0.25, 0.3) is 0 Å². The van der Waals surface area contributed by atoms with Crippen molar-refractivity contribution in [3.05, 3.63) is 103 Å². The van der Waals surface area contributed by atoms with Crippen molar-refractivity contribution < 1.29 is 27.4 Å². The van der Waals surface area contributed by atoms with E-state index in [1.807, 2.05) is 25.1 Å². The van der Waals surface area contributed by atoms with Gasteiger partial charge in [0, 0.05) is 0 Å². The fraction of sp³-hybridized carbons (Fsp3) is 0.167. The van der Waals surface area contributed by atoms with Crippen LogP contribution in [0.5, 0.6) is 23.0 Å². The molecule has 0 unspecified atom stereocenters. The van der Waals surface area contributed by atoms with Gasteiger partial charge in [-0.25, -0.2) is 8.42 Å². The zero-order chi connectivity index (χ0) is 27.8. The van der Waals surface area contributed by atoms with Crippen molar-refractivity contribution in [1.29, 1.82) is 0 Å². The number of hydrogen-bond donors (Lipinski definition) is 1. The Kier molecular flexibility index (Phi) is 8.73. The first kappa shape index (κ1) is 27.5. The van der Waals surface area contributed by atoms with Gasteiger partial charge in [-0.3, -0.25) is 9.10 Å². The van der Waals surface area contributed by atoms with Crippen LogP contribution in [0.1, 0.15) is 12.5 Å². The molecule has 0 heterocycles. The molecule has 202 valence electrons. The van der Waals surface area contributed by atoms with E-state index in [9.17, 15) is 13.2 Å². The Balaban J connectivity index is 1.67. The first-order valence-corrected chi connectivity index (χ1v) is 13.8. The Morgan fingerprint density at radius 2 is 1.54 bits per heavy atom. The number of nitrogens with zero attached hydrogens (tertiary/aromatic N) is 1. The number of benzene rings is 4. The molecule has 0 saturated heterocycles. The normalized spacial score (nSPS) is 10.9. The average molecular weight is 547 g/mol. The van der Waals surface area contributed by atoms with Crippen LogP contribution in [0.3, 0.4) is 0 Å². The highest BCUT2D eigenvalue weighted by Crippen LogP contribution is 2.33. The molecule has 0 aliphatic heterocycles. The van der Waals surface area contributed by atoms with Crippen molar-refractivity contribution in [2.24, 2.45) is 0 Å². The molecule has 0 fully saturated rings. The highest BCUT2D eigenvalue weighted by molar-refractivity contribution is 7.93. The third-order valence-electron chi connectivity index (χ3n) is 5.74. The van der Waals surface area contributed by atoms with Crippen molar-refractivity contribution in [1.82, 2.24) is 0 Å². The third-order valence-corrected chi connectivity index (χ3v) is 7.54. The second kappa shape index (κ2) is 12.4. The SMILES string of the molecule is CCOc1ccc(N(CC(=O)Nc2ccccc2Oc2ccccc2)S(=O)(=O)c2cc(C)ccc2OC)cc1. The minimum Gasteiger partial charge on any atom is -0.495 e. The van der Waals surface area contributed by atoms with E-state index in [2.05, 4.69) is 5.32 Å². The highest BCUT2D eigenvalue weighted by Gasteiger charge is 2.30. The zero-order valence-corrected chi connectivity index (χ0v) is 22.8. The maximum Gasteiger partial charge on any atom is 0.268 e. The van der Waals surface area contributed by atoms with Crippen LogP contribution < -0.4 is 23.8 Å². The van der Waals surface area contributed by atoms with Crippen molar-refractivity contribution >= 4 is 27.3 Å². The van der Waals surface area contributed by atoms with Gasteiger partial charge in [0.15, 0.2) is 5.75 Å². The van der Waals surface area contributed by atoms with Crippen LogP contribution >= 0.6 is 0 Å². The largest absolute Gasteiger partial charge is 0.495 e. The lowest BCUT2D eigenvalue weighted by atomic mass is 10.2. The number of carbonyl (C=O) groups is 1. The molecular formula is C30H30N2O6S. The molecule has 0 spiro atoms. The fourth-order valence-electron chi connectivity index (χ4n) is 3.89. The van der Waals surface area contributed by atoms with E-state index in [0.29, 0.717) is 35.2 Å². The number of sulfonamides is 1. The number of rotatable bonds is 11. The number of carbonyl (C=O) groups excluding carboxylic acids is 1. The van der Waals surface area contributed by atoms with Crippen LogP contribution in [0.4, 0.5) is 11.4 Å². The topological polar surface area (TPSA) is 94.2 Å². The van der Waals surface area contributed by atoms with E-state index in [4.69, 9.17) is 14.2 Å². The van der Waals surface area contributed by atoms with E-state index in [-0.39, 0.29) is 10.6 Å². The van der Waals surface area contributed by atoms with Gasteiger partial charge in [-0.15, -0.1) is 0 Å². The quantitative estimate of drug-likeness (QED) is 0.247. The number of aryl methyl sites for hydroxylation is 1. The summed E-state index contributed by atoms with van der Waals surface area (Å²) in [6.07, 6.45) is 0. The summed E-state index contributed by atoms with van der Waals surface area (Å²) in [7, 11) is -2.81. The third kappa shape index (κ3) is 6.69. The Labute approximate surface area is 228 Å². The van der Waals surface area contributed by atoms with Crippen LogP contribution in [0, 0.1) is 6.92 Å². The monoisotopic (exact) mass is 546 g/mol. The molecule has 0 radical (unpaired) electrons. The molecule has 1 amide bonds. The molecule has 0 aromatic heterocycles. The Morgan fingerprint density at radius 3 is 2.23 bits per heavy atom. The molecule has 0 aliphatic rings. The van der Waals surface area contributed by atoms with Crippen molar-refractivity contribution in [2.75, 3.05) is 29.9 Å². The minimum atomic E-state index is -4.22. The van der Waals surface area contributed by atoms with Gasteiger partial charge in [0.1, 0.15) is 28.7 Å². The summed E-state index contributed by atoms with van der Waals surface area (Å²) in [4.78, 5) is 13.3. The van der Waals surface area contributed by atoms with E-state index in [0.717, 1.165) is 9.87 Å². The van der Waals surface area contributed by atoms with Crippen LogP contribution in [-0.4, -0.2) is 34.6 Å². The van der Waals surface area contributed by atoms with E-state index < -0.39 is 22.5 Å². The average Bonchev–Trinajstić information content (AvgIpc) is 2.94. The van der Waals surface area contributed by atoms with E-state index in [1.165, 1.54) is 13.2 Å². The van der Waals surface area contributed by atoms with Gasteiger partial charge in [0.25, 0.3) is 10.0 Å². The van der Waals surface area contributed by atoms with E-state index in [1.54, 1.807) is 79.7 Å². The van der Waals surface area contributed by atoms with Gasteiger partial charge in [0.2, 0.25) is 5.91 Å². The molecule has 0 saturated carbocycles. The summed E-state index contributed by atoms with van der Waals surface area (Å²) in [5, 5.41) is 2.80. The molecule has 1 N–H and O–H groups in total. The molecule has 39 heavy (non-hydrogen) atoms. The summed E-state index contributed by atoms with van der Waals surface area (Å²) >= 11 is 0. The van der Waals surface area contributed by atoms with Gasteiger partial charge < -0.3 is 19.5 Å². The predicted octanol–water partition coefficient (Wildman–Crippen LogP) is 6.03. The maximum atomic E-state index is 14.0. The molecule has 0 atom stereocenters. The predicted molar refractivity (Wildman–Crippen MR) is 151 cm³/mol. The maximum absolute atomic E-state index is 14.0. The second-order valence-electron chi connectivity index (χ2n) is 8.55. The Bertz CT molecular complexity index is 1520. The number of amides is 1. The highest BCUT2D eigenvalue weighted by atomic mass is 32.2. The molecule has 4 rings (SSSR count). The summed E-state index contributed by atoms with van der Waals surface area (Å²) in [6, 6.07) is 27.5.